The fourth-order valence-electron chi connectivity index (χ4n) is 3.88. The van der Waals surface area contributed by atoms with Crippen molar-refractivity contribution < 1.29 is 9.59 Å². The molecule has 1 unspecified atom stereocenters. The molecule has 7 nitrogen and oxygen atoms in total. The molecular weight excluding hydrogens is 442 g/mol. The first-order valence-electron chi connectivity index (χ1n) is 10.7. The normalized spacial score (nSPS) is 15.3. The molecule has 2 heterocycles. The number of hydrogen-bond donors (Lipinski definition) is 2. The zero-order chi connectivity index (χ0) is 22.7. The van der Waals surface area contributed by atoms with E-state index in [1.54, 1.807) is 24.3 Å². The minimum Gasteiger partial charge on any atom is -0.326 e. The lowest BCUT2D eigenvalue weighted by Crippen LogP contribution is -2.14. The number of fused-ring (bicyclic) bond motifs is 1. The first-order chi connectivity index (χ1) is 15.4. The van der Waals surface area contributed by atoms with E-state index in [4.69, 9.17) is 0 Å². The predicted molar refractivity (Wildman–Crippen MR) is 130 cm³/mol. The molecule has 2 N–H and O–H groups in total. The number of hydrogen-bond acceptors (Lipinski definition) is 6. The zero-order valence-corrected chi connectivity index (χ0v) is 20.1. The van der Waals surface area contributed by atoms with Crippen molar-refractivity contribution in [2.24, 2.45) is 13.0 Å². The number of amides is 2. The fraction of sp³-hybridized carbons (Fsp3) is 0.391. The summed E-state index contributed by atoms with van der Waals surface area (Å²) in [5, 5.41) is 15.0. The van der Waals surface area contributed by atoms with Crippen LogP contribution >= 0.6 is 23.1 Å². The van der Waals surface area contributed by atoms with Gasteiger partial charge < -0.3 is 15.2 Å². The van der Waals surface area contributed by atoms with Crippen LogP contribution in [0.3, 0.4) is 0 Å². The zero-order valence-electron chi connectivity index (χ0n) is 18.5. The summed E-state index contributed by atoms with van der Waals surface area (Å²) < 4.78 is 1.97. The summed E-state index contributed by atoms with van der Waals surface area (Å²) in [6.07, 6.45) is 4.82. The van der Waals surface area contributed by atoms with Crippen LogP contribution < -0.4 is 10.6 Å². The van der Waals surface area contributed by atoms with Gasteiger partial charge in [-0.2, -0.15) is 0 Å². The lowest BCUT2D eigenvalue weighted by molar-refractivity contribution is -0.114. The van der Waals surface area contributed by atoms with Gasteiger partial charge in [0, 0.05) is 30.2 Å². The summed E-state index contributed by atoms with van der Waals surface area (Å²) in [6.45, 7) is 3.73. The highest BCUT2D eigenvalue weighted by Crippen LogP contribution is 2.38. The van der Waals surface area contributed by atoms with Gasteiger partial charge >= 0.3 is 0 Å². The first kappa shape index (κ1) is 22.5. The van der Waals surface area contributed by atoms with Crippen LogP contribution in [0.1, 0.15) is 37.1 Å². The van der Waals surface area contributed by atoms with Crippen LogP contribution in [-0.2, 0) is 29.5 Å². The second kappa shape index (κ2) is 9.87. The van der Waals surface area contributed by atoms with Gasteiger partial charge in [0.25, 0.3) is 0 Å². The SMILES string of the molecule is CCC1CCc2sc(-c3nnc(SCC(=O)Nc4ccc(NC(C)=O)cc4)n3C)cc2C1. The Balaban J connectivity index is 1.36. The van der Waals surface area contributed by atoms with E-state index in [1.807, 2.05) is 23.0 Å². The van der Waals surface area contributed by atoms with E-state index in [0.717, 1.165) is 29.5 Å². The largest absolute Gasteiger partial charge is 0.326 e. The number of nitrogens with zero attached hydrogens (tertiary/aromatic N) is 3. The number of nitrogens with one attached hydrogen (secondary N) is 2. The summed E-state index contributed by atoms with van der Waals surface area (Å²) >= 11 is 3.19. The lowest BCUT2D eigenvalue weighted by Gasteiger charge is -2.19. The van der Waals surface area contributed by atoms with Crippen molar-refractivity contribution in [3.63, 3.8) is 0 Å². The van der Waals surface area contributed by atoms with E-state index >= 15 is 0 Å². The van der Waals surface area contributed by atoms with Crippen molar-refractivity contribution in [2.75, 3.05) is 16.4 Å². The average Bonchev–Trinajstić information content (AvgIpc) is 3.35. The molecule has 0 bridgehead atoms. The number of carbonyl (C=O) groups excluding carboxylic acids is 2. The minimum absolute atomic E-state index is 0.121. The molecule has 1 atom stereocenters. The molecule has 1 aromatic carbocycles. The third kappa shape index (κ3) is 5.21. The highest BCUT2D eigenvalue weighted by molar-refractivity contribution is 7.99. The van der Waals surface area contributed by atoms with E-state index < -0.39 is 0 Å². The standard InChI is InChI=1S/C23H27N5O2S2/c1-4-15-5-10-19-16(11-15)12-20(32-19)22-26-27-23(28(22)3)31-13-21(30)25-18-8-6-17(7-9-18)24-14(2)29/h6-9,12,15H,4-5,10-11,13H2,1-3H3,(H,24,29)(H,25,30). The van der Waals surface area contributed by atoms with Crippen molar-refractivity contribution in [3.05, 3.63) is 40.8 Å². The third-order valence-electron chi connectivity index (χ3n) is 5.64. The summed E-state index contributed by atoms with van der Waals surface area (Å²) in [4.78, 5) is 26.1. The Hall–Kier alpha value is -2.65. The van der Waals surface area contributed by atoms with E-state index in [9.17, 15) is 9.59 Å². The van der Waals surface area contributed by atoms with E-state index in [0.29, 0.717) is 16.5 Å². The van der Waals surface area contributed by atoms with Crippen LogP contribution in [0.25, 0.3) is 10.7 Å². The topological polar surface area (TPSA) is 88.9 Å². The number of thiophene rings is 1. The van der Waals surface area contributed by atoms with Gasteiger partial charge in [-0.1, -0.05) is 25.1 Å². The third-order valence-corrected chi connectivity index (χ3v) is 7.89. The van der Waals surface area contributed by atoms with Crippen molar-refractivity contribution in [1.29, 1.82) is 0 Å². The summed E-state index contributed by atoms with van der Waals surface area (Å²) in [6, 6.07) is 9.30. The van der Waals surface area contributed by atoms with Crippen LogP contribution in [0.15, 0.2) is 35.5 Å². The van der Waals surface area contributed by atoms with Crippen molar-refractivity contribution in [3.8, 4) is 10.7 Å². The van der Waals surface area contributed by atoms with Crippen molar-refractivity contribution in [2.45, 2.75) is 44.7 Å². The van der Waals surface area contributed by atoms with Crippen molar-refractivity contribution >= 4 is 46.3 Å². The molecule has 0 radical (unpaired) electrons. The van der Waals surface area contributed by atoms with Gasteiger partial charge in [0.2, 0.25) is 11.8 Å². The smallest absolute Gasteiger partial charge is 0.234 e. The molecule has 3 aromatic rings. The Bertz CT molecular complexity index is 1120. The number of carbonyl (C=O) groups is 2. The molecule has 32 heavy (non-hydrogen) atoms. The van der Waals surface area contributed by atoms with Crippen LogP contribution in [0.2, 0.25) is 0 Å². The average molecular weight is 470 g/mol. The van der Waals surface area contributed by atoms with Gasteiger partial charge in [0.1, 0.15) is 0 Å². The Morgan fingerprint density at radius 3 is 2.59 bits per heavy atom. The second-order valence-corrected chi connectivity index (χ2v) is 10.1. The van der Waals surface area contributed by atoms with Gasteiger partial charge in [0.05, 0.1) is 10.6 Å². The Kier molecular flexibility index (Phi) is 6.95. The number of benzene rings is 1. The second-order valence-electron chi connectivity index (χ2n) is 8.04. The maximum atomic E-state index is 12.4. The molecular formula is C23H27N5O2S2. The predicted octanol–water partition coefficient (Wildman–Crippen LogP) is 4.75. The lowest BCUT2D eigenvalue weighted by atomic mass is 9.87. The van der Waals surface area contributed by atoms with E-state index in [-0.39, 0.29) is 17.6 Å². The van der Waals surface area contributed by atoms with E-state index in [1.165, 1.54) is 42.0 Å². The first-order valence-corrected chi connectivity index (χ1v) is 12.5. The number of rotatable bonds is 7. The van der Waals surface area contributed by atoms with Gasteiger partial charge in [-0.25, -0.2) is 0 Å². The molecule has 0 saturated heterocycles. The molecule has 1 aliphatic rings. The molecule has 9 heteroatoms. The maximum absolute atomic E-state index is 12.4. The number of aromatic nitrogens is 3. The number of anilines is 2. The van der Waals surface area contributed by atoms with Crippen LogP contribution in [0, 0.1) is 5.92 Å². The molecule has 0 spiro atoms. The highest BCUT2D eigenvalue weighted by atomic mass is 32.2. The summed E-state index contributed by atoms with van der Waals surface area (Å²) in [5.41, 5.74) is 2.83. The van der Waals surface area contributed by atoms with Gasteiger partial charge in [-0.3, -0.25) is 9.59 Å². The molecule has 4 rings (SSSR count). The summed E-state index contributed by atoms with van der Waals surface area (Å²) in [7, 11) is 1.95. The van der Waals surface area contributed by atoms with Gasteiger partial charge in [0.15, 0.2) is 11.0 Å². The minimum atomic E-state index is -0.130. The quantitative estimate of drug-likeness (QED) is 0.488. The fourth-order valence-corrected chi connectivity index (χ4v) is 5.82. The maximum Gasteiger partial charge on any atom is 0.234 e. The molecule has 0 fully saturated rings. The molecule has 1 aliphatic carbocycles. The monoisotopic (exact) mass is 469 g/mol. The molecule has 2 aromatic heterocycles. The molecule has 2 amide bonds. The number of aryl methyl sites for hydroxylation is 1. The Labute approximate surface area is 196 Å². The van der Waals surface area contributed by atoms with Crippen LogP contribution in [0.5, 0.6) is 0 Å². The molecule has 168 valence electrons. The molecule has 0 aliphatic heterocycles. The van der Waals surface area contributed by atoms with Crippen molar-refractivity contribution in [1.82, 2.24) is 14.8 Å². The van der Waals surface area contributed by atoms with E-state index in [2.05, 4.69) is 33.8 Å². The Morgan fingerprint density at radius 2 is 1.91 bits per heavy atom. The van der Waals surface area contributed by atoms with Crippen LogP contribution in [0.4, 0.5) is 11.4 Å². The Morgan fingerprint density at radius 1 is 1.19 bits per heavy atom. The van der Waals surface area contributed by atoms with Gasteiger partial charge in [-0.15, -0.1) is 21.5 Å². The van der Waals surface area contributed by atoms with Crippen LogP contribution in [-0.4, -0.2) is 32.3 Å². The summed E-state index contributed by atoms with van der Waals surface area (Å²) in [5.74, 6) is 1.63. The van der Waals surface area contributed by atoms with Gasteiger partial charge in [-0.05, 0) is 61.1 Å². The molecule has 0 saturated carbocycles. The highest BCUT2D eigenvalue weighted by Gasteiger charge is 2.22. The number of thioether (sulfide) groups is 1.